The van der Waals surface area contributed by atoms with Crippen LogP contribution < -0.4 is 10.6 Å². The fourth-order valence-corrected chi connectivity index (χ4v) is 1.81. The predicted molar refractivity (Wildman–Crippen MR) is 82.1 cm³/mol. The largest absolute Gasteiger partial charge is 0.481 e. The number of hydrogen-bond acceptors (Lipinski definition) is 6. The molecule has 2 atom stereocenters. The summed E-state index contributed by atoms with van der Waals surface area (Å²) in [7, 11) is 0. The van der Waals surface area contributed by atoms with E-state index in [1.165, 1.54) is 0 Å². The van der Waals surface area contributed by atoms with Crippen LogP contribution in [0.15, 0.2) is 0 Å². The van der Waals surface area contributed by atoms with Gasteiger partial charge in [-0.25, -0.2) is 9.59 Å². The quantitative estimate of drug-likeness (QED) is 0.222. The second-order valence-corrected chi connectivity index (χ2v) is 5.28. The van der Waals surface area contributed by atoms with Crippen LogP contribution in [-0.4, -0.2) is 68.2 Å². The van der Waals surface area contributed by atoms with E-state index in [2.05, 4.69) is 10.6 Å². The first-order chi connectivity index (χ1) is 12.0. The second kappa shape index (κ2) is 11.4. The third kappa shape index (κ3) is 10.6. The molecule has 2 amide bonds. The van der Waals surface area contributed by atoms with Gasteiger partial charge in [0.05, 0.1) is 0 Å². The minimum Gasteiger partial charge on any atom is -0.481 e. The van der Waals surface area contributed by atoms with Gasteiger partial charge in [-0.1, -0.05) is 0 Å². The summed E-state index contributed by atoms with van der Waals surface area (Å²) in [5.74, 6) is -6.96. The number of rotatable bonds is 13. The molecule has 0 aliphatic heterocycles. The molecule has 0 rings (SSSR count). The van der Waals surface area contributed by atoms with E-state index in [1.54, 1.807) is 0 Å². The molecule has 26 heavy (non-hydrogen) atoms. The summed E-state index contributed by atoms with van der Waals surface area (Å²) in [4.78, 5) is 66.0. The molecule has 146 valence electrons. The number of nitrogens with one attached hydrogen (secondary N) is 2. The molecule has 12 nitrogen and oxygen atoms in total. The van der Waals surface area contributed by atoms with Crippen molar-refractivity contribution in [2.75, 3.05) is 0 Å². The van der Waals surface area contributed by atoms with Crippen molar-refractivity contribution in [3.63, 3.8) is 0 Å². The van der Waals surface area contributed by atoms with E-state index in [0.29, 0.717) is 0 Å². The van der Waals surface area contributed by atoms with Gasteiger partial charge in [0, 0.05) is 25.7 Å². The maximum Gasteiger partial charge on any atom is 0.326 e. The molecule has 0 spiro atoms. The highest BCUT2D eigenvalue weighted by molar-refractivity contribution is 5.88. The van der Waals surface area contributed by atoms with E-state index in [0.717, 1.165) is 0 Å². The highest BCUT2D eigenvalue weighted by Gasteiger charge is 2.23. The normalized spacial score (nSPS) is 12.5. The fraction of sp³-hybridized carbons (Fsp3) is 0.571. The summed E-state index contributed by atoms with van der Waals surface area (Å²) in [5, 5.41) is 39.0. The van der Waals surface area contributed by atoms with E-state index in [1.807, 2.05) is 0 Å². The van der Waals surface area contributed by atoms with Crippen LogP contribution in [-0.2, 0) is 28.8 Å². The summed E-state index contributed by atoms with van der Waals surface area (Å²) < 4.78 is 0. The Labute approximate surface area is 147 Å². The van der Waals surface area contributed by atoms with Crippen molar-refractivity contribution in [1.82, 2.24) is 10.6 Å². The molecule has 0 aliphatic rings. The zero-order valence-electron chi connectivity index (χ0n) is 13.6. The molecule has 2 unspecified atom stereocenters. The first-order valence-electron chi connectivity index (χ1n) is 7.50. The average molecular weight is 376 g/mol. The van der Waals surface area contributed by atoms with Crippen LogP contribution in [0.4, 0.5) is 0 Å². The number of carbonyl (C=O) groups is 6. The average Bonchev–Trinajstić information content (AvgIpc) is 2.52. The van der Waals surface area contributed by atoms with Crippen LogP contribution in [0.2, 0.25) is 0 Å². The monoisotopic (exact) mass is 376 g/mol. The summed E-state index contributed by atoms with van der Waals surface area (Å²) in [5.41, 5.74) is 0. The first kappa shape index (κ1) is 22.8. The first-order valence-corrected chi connectivity index (χ1v) is 7.50. The zero-order valence-corrected chi connectivity index (χ0v) is 13.6. The molecule has 0 saturated carbocycles. The Balaban J connectivity index is 4.43. The van der Waals surface area contributed by atoms with Crippen molar-refractivity contribution in [2.45, 2.75) is 50.6 Å². The van der Waals surface area contributed by atoms with E-state index in [9.17, 15) is 28.8 Å². The third-order valence-electron chi connectivity index (χ3n) is 3.14. The molecule has 0 aromatic carbocycles. The molecule has 6 N–H and O–H groups in total. The molecule has 0 heterocycles. The van der Waals surface area contributed by atoms with E-state index >= 15 is 0 Å². The van der Waals surface area contributed by atoms with Crippen LogP contribution in [0.1, 0.15) is 38.5 Å². The Bertz CT molecular complexity index is 524. The number of carboxylic acid groups (broad SMARTS) is 4. The smallest absolute Gasteiger partial charge is 0.326 e. The summed E-state index contributed by atoms with van der Waals surface area (Å²) in [6.45, 7) is 0. The van der Waals surface area contributed by atoms with Gasteiger partial charge in [0.2, 0.25) is 11.8 Å². The molecular formula is C14H20N2O10. The molecule has 0 aromatic heterocycles. The molecule has 12 heteroatoms. The Morgan fingerprint density at radius 2 is 0.885 bits per heavy atom. The number of carboxylic acids is 4. The maximum absolute atomic E-state index is 11.6. The molecule has 0 aromatic rings. The van der Waals surface area contributed by atoms with Crippen LogP contribution >= 0.6 is 0 Å². The number of amides is 2. The molecule has 0 bridgehead atoms. The highest BCUT2D eigenvalue weighted by atomic mass is 16.4. The van der Waals surface area contributed by atoms with Gasteiger partial charge in [0.1, 0.15) is 12.1 Å². The Morgan fingerprint density at radius 3 is 1.12 bits per heavy atom. The van der Waals surface area contributed by atoms with Crippen LogP contribution in [0, 0.1) is 0 Å². The molecule has 0 fully saturated rings. The van der Waals surface area contributed by atoms with E-state index in [-0.39, 0.29) is 12.8 Å². The number of aliphatic carboxylic acids is 4. The van der Waals surface area contributed by atoms with Gasteiger partial charge in [-0.3, -0.25) is 19.2 Å². The van der Waals surface area contributed by atoms with Crippen molar-refractivity contribution >= 4 is 35.7 Å². The zero-order chi connectivity index (χ0) is 20.3. The standard InChI is InChI=1S/C14H20N2O10/c17-9(15-7(13(23)24)1-5-11(19)20)3-4-10(18)16-8(14(25)26)2-6-12(21)22/h7-8H,1-6H2,(H,15,17)(H,16,18)(H,19,20)(H,21,22)(H,23,24)(H,25,26). The van der Waals surface area contributed by atoms with Gasteiger partial charge in [0.15, 0.2) is 0 Å². The summed E-state index contributed by atoms with van der Waals surface area (Å²) >= 11 is 0. The maximum atomic E-state index is 11.6. The van der Waals surface area contributed by atoms with Gasteiger partial charge in [-0.15, -0.1) is 0 Å². The molecule has 0 radical (unpaired) electrons. The Morgan fingerprint density at radius 1 is 0.577 bits per heavy atom. The summed E-state index contributed by atoms with van der Waals surface area (Å²) in [6.07, 6.45) is -2.51. The fourth-order valence-electron chi connectivity index (χ4n) is 1.81. The predicted octanol–water partition coefficient (Wildman–Crippen LogP) is -1.36. The van der Waals surface area contributed by atoms with Gasteiger partial charge >= 0.3 is 23.9 Å². The second-order valence-electron chi connectivity index (χ2n) is 5.28. The molecular weight excluding hydrogens is 356 g/mol. The molecule has 0 aliphatic carbocycles. The van der Waals surface area contributed by atoms with E-state index < -0.39 is 73.5 Å². The minimum absolute atomic E-state index is 0.334. The molecule has 0 saturated heterocycles. The van der Waals surface area contributed by atoms with Crippen molar-refractivity contribution in [1.29, 1.82) is 0 Å². The lowest BCUT2D eigenvalue weighted by Gasteiger charge is -2.15. The minimum atomic E-state index is -1.43. The lowest BCUT2D eigenvalue weighted by Crippen LogP contribution is -2.43. The summed E-state index contributed by atoms with van der Waals surface area (Å²) in [6, 6.07) is -2.85. The Kier molecular flexibility index (Phi) is 9.99. The lowest BCUT2D eigenvalue weighted by molar-refractivity contribution is -0.144. The van der Waals surface area contributed by atoms with Gasteiger partial charge in [0.25, 0.3) is 0 Å². The number of carbonyl (C=O) groups excluding carboxylic acids is 2. The third-order valence-corrected chi connectivity index (χ3v) is 3.14. The van der Waals surface area contributed by atoms with Crippen molar-refractivity contribution in [3.05, 3.63) is 0 Å². The Hall–Kier alpha value is -3.18. The van der Waals surface area contributed by atoms with Crippen LogP contribution in [0.25, 0.3) is 0 Å². The van der Waals surface area contributed by atoms with Crippen LogP contribution in [0.5, 0.6) is 0 Å². The van der Waals surface area contributed by atoms with Crippen molar-refractivity contribution < 1.29 is 49.2 Å². The SMILES string of the molecule is O=C(O)CCC(NC(=O)CCC(=O)NC(CCC(=O)O)C(=O)O)C(=O)O. The van der Waals surface area contributed by atoms with Gasteiger partial charge in [-0.05, 0) is 12.8 Å². The number of hydrogen-bond donors (Lipinski definition) is 6. The lowest BCUT2D eigenvalue weighted by atomic mass is 10.1. The topological polar surface area (TPSA) is 207 Å². The van der Waals surface area contributed by atoms with Crippen molar-refractivity contribution in [2.24, 2.45) is 0 Å². The van der Waals surface area contributed by atoms with Crippen molar-refractivity contribution in [3.8, 4) is 0 Å². The van der Waals surface area contributed by atoms with E-state index in [4.69, 9.17) is 20.4 Å². The van der Waals surface area contributed by atoms with Gasteiger partial charge in [-0.2, -0.15) is 0 Å². The van der Waals surface area contributed by atoms with Gasteiger partial charge < -0.3 is 31.1 Å². The van der Waals surface area contributed by atoms with Crippen LogP contribution in [0.3, 0.4) is 0 Å². The highest BCUT2D eigenvalue weighted by Crippen LogP contribution is 2.02.